The van der Waals surface area contributed by atoms with Crippen LogP contribution in [0.2, 0.25) is 0 Å². The molecule has 1 aliphatic heterocycles. The maximum Gasteiger partial charge on any atom is 0.188 e. The lowest BCUT2D eigenvalue weighted by molar-refractivity contribution is 0.189. The van der Waals surface area contributed by atoms with Gasteiger partial charge in [0.1, 0.15) is 0 Å². The first-order valence-corrected chi connectivity index (χ1v) is 4.38. The van der Waals surface area contributed by atoms with Gasteiger partial charge in [-0.1, -0.05) is 0 Å². The average Bonchev–Trinajstić information content (AvgIpc) is 2.71. The molecule has 6 heteroatoms. The van der Waals surface area contributed by atoms with Crippen molar-refractivity contribution >= 4 is 0 Å². The number of aryl methyl sites for hydroxylation is 1. The van der Waals surface area contributed by atoms with Crippen molar-refractivity contribution in [1.82, 2.24) is 25.5 Å². The summed E-state index contributed by atoms with van der Waals surface area (Å²) in [6.07, 6.45) is 1.07. The van der Waals surface area contributed by atoms with Gasteiger partial charge in [-0.15, -0.1) is 10.2 Å². The van der Waals surface area contributed by atoms with Gasteiger partial charge in [0.25, 0.3) is 0 Å². The normalized spacial score (nSPS) is 22.4. The Morgan fingerprint density at radius 2 is 2.62 bits per heavy atom. The first-order chi connectivity index (χ1) is 6.34. The molecule has 72 valence electrons. The van der Waals surface area contributed by atoms with E-state index in [-0.39, 0.29) is 0 Å². The van der Waals surface area contributed by atoms with E-state index in [1.165, 1.54) is 4.80 Å². The van der Waals surface area contributed by atoms with E-state index in [0.29, 0.717) is 12.6 Å². The Kier molecular flexibility index (Phi) is 2.51. The Hall–Kier alpha value is -1.01. The van der Waals surface area contributed by atoms with Crippen LogP contribution >= 0.6 is 0 Å². The molecule has 1 fully saturated rings. The van der Waals surface area contributed by atoms with Crippen molar-refractivity contribution in [3.05, 3.63) is 5.82 Å². The highest BCUT2D eigenvalue weighted by Gasteiger charge is 2.15. The molecule has 0 aromatic carbocycles. The molecule has 1 atom stereocenters. The minimum atomic E-state index is 0.448. The summed E-state index contributed by atoms with van der Waals surface area (Å²) in [5.74, 6) is 0.731. The monoisotopic (exact) mass is 183 g/mol. The quantitative estimate of drug-likeness (QED) is 0.657. The highest BCUT2D eigenvalue weighted by Crippen LogP contribution is 2.03. The molecule has 13 heavy (non-hydrogen) atoms. The van der Waals surface area contributed by atoms with Crippen LogP contribution in [0.4, 0.5) is 0 Å². The predicted molar refractivity (Wildman–Crippen MR) is 44.9 cm³/mol. The lowest BCUT2D eigenvalue weighted by atomic mass is 10.2. The number of aromatic nitrogens is 4. The number of nitrogens with one attached hydrogen (secondary N) is 1. The van der Waals surface area contributed by atoms with E-state index in [2.05, 4.69) is 20.7 Å². The first kappa shape index (κ1) is 8.58. The van der Waals surface area contributed by atoms with Gasteiger partial charge >= 0.3 is 0 Å². The summed E-state index contributed by atoms with van der Waals surface area (Å²) < 4.78 is 5.23. The highest BCUT2D eigenvalue weighted by molar-refractivity contribution is 4.79. The molecule has 0 radical (unpaired) electrons. The van der Waals surface area contributed by atoms with Gasteiger partial charge in [0.2, 0.25) is 0 Å². The summed E-state index contributed by atoms with van der Waals surface area (Å²) in [4.78, 5) is 1.46. The lowest BCUT2D eigenvalue weighted by Gasteiger charge is -2.06. The summed E-state index contributed by atoms with van der Waals surface area (Å²) in [5.41, 5.74) is 0. The Morgan fingerprint density at radius 1 is 1.69 bits per heavy atom. The van der Waals surface area contributed by atoms with Gasteiger partial charge in [-0.3, -0.25) is 0 Å². The molecule has 1 N–H and O–H groups in total. The van der Waals surface area contributed by atoms with Crippen LogP contribution in [-0.2, 0) is 18.3 Å². The van der Waals surface area contributed by atoms with Crippen LogP contribution in [-0.4, -0.2) is 39.5 Å². The van der Waals surface area contributed by atoms with E-state index in [4.69, 9.17) is 4.74 Å². The Balaban J connectivity index is 1.78. The smallest absolute Gasteiger partial charge is 0.188 e. The number of rotatable bonds is 3. The maximum absolute atomic E-state index is 5.23. The maximum atomic E-state index is 5.23. The Labute approximate surface area is 76.3 Å². The number of hydrogen-bond acceptors (Lipinski definition) is 5. The summed E-state index contributed by atoms with van der Waals surface area (Å²) in [7, 11) is 1.76. The van der Waals surface area contributed by atoms with E-state index in [0.717, 1.165) is 25.5 Å². The van der Waals surface area contributed by atoms with Crippen molar-refractivity contribution in [2.45, 2.75) is 19.0 Å². The van der Waals surface area contributed by atoms with Crippen molar-refractivity contribution < 1.29 is 4.74 Å². The molecule has 6 nitrogen and oxygen atoms in total. The molecule has 0 amide bonds. The summed E-state index contributed by atoms with van der Waals surface area (Å²) in [5, 5.41) is 15.0. The zero-order valence-corrected chi connectivity index (χ0v) is 7.60. The predicted octanol–water partition coefficient (Wildman–Crippen LogP) is -0.911. The molecule has 0 aliphatic carbocycles. The third-order valence-corrected chi connectivity index (χ3v) is 2.03. The fraction of sp³-hybridized carbons (Fsp3) is 0.857. The molecule has 2 heterocycles. The Bertz CT molecular complexity index is 268. The van der Waals surface area contributed by atoms with Crippen LogP contribution in [0, 0.1) is 0 Å². The van der Waals surface area contributed by atoms with Crippen molar-refractivity contribution in [2.24, 2.45) is 7.05 Å². The molecule has 1 aromatic heterocycles. The minimum Gasteiger partial charge on any atom is -0.380 e. The van der Waals surface area contributed by atoms with E-state index in [9.17, 15) is 0 Å². The highest BCUT2D eigenvalue weighted by atomic mass is 16.5. The molecule has 1 aliphatic rings. The number of hydrogen-bond donors (Lipinski definition) is 1. The number of tetrazole rings is 1. The molecule has 0 bridgehead atoms. The molecule has 0 spiro atoms. The summed E-state index contributed by atoms with van der Waals surface area (Å²) in [6, 6.07) is 0.448. The lowest BCUT2D eigenvalue weighted by Crippen LogP contribution is -2.29. The van der Waals surface area contributed by atoms with Crippen LogP contribution in [0.25, 0.3) is 0 Å². The fourth-order valence-corrected chi connectivity index (χ4v) is 1.33. The van der Waals surface area contributed by atoms with Gasteiger partial charge < -0.3 is 10.1 Å². The minimum absolute atomic E-state index is 0.448. The van der Waals surface area contributed by atoms with E-state index < -0.39 is 0 Å². The van der Waals surface area contributed by atoms with Gasteiger partial charge in [-0.2, -0.15) is 4.80 Å². The molecule has 1 unspecified atom stereocenters. The molecule has 1 saturated heterocycles. The van der Waals surface area contributed by atoms with Gasteiger partial charge in [-0.25, -0.2) is 0 Å². The second-order valence-electron chi connectivity index (χ2n) is 3.14. The molecular weight excluding hydrogens is 170 g/mol. The molecular formula is C7H13N5O. The van der Waals surface area contributed by atoms with Crippen LogP contribution in [0.15, 0.2) is 0 Å². The zero-order chi connectivity index (χ0) is 9.10. The van der Waals surface area contributed by atoms with Crippen LogP contribution in [0.5, 0.6) is 0 Å². The van der Waals surface area contributed by atoms with E-state index >= 15 is 0 Å². The standard InChI is InChI=1S/C7H13N5O/c1-12-10-7(9-11-12)4-8-6-2-3-13-5-6/h6,8H,2-5H2,1H3. The number of nitrogens with zero attached hydrogens (tertiary/aromatic N) is 4. The SMILES string of the molecule is Cn1nnc(CNC2CCOC2)n1. The van der Waals surface area contributed by atoms with Crippen LogP contribution in [0.1, 0.15) is 12.2 Å². The van der Waals surface area contributed by atoms with E-state index in [1.54, 1.807) is 7.05 Å². The summed E-state index contributed by atoms with van der Waals surface area (Å²) in [6.45, 7) is 2.31. The average molecular weight is 183 g/mol. The van der Waals surface area contributed by atoms with Crippen LogP contribution in [0.3, 0.4) is 0 Å². The van der Waals surface area contributed by atoms with Crippen molar-refractivity contribution in [2.75, 3.05) is 13.2 Å². The molecule has 1 aromatic rings. The van der Waals surface area contributed by atoms with Crippen molar-refractivity contribution in [3.63, 3.8) is 0 Å². The van der Waals surface area contributed by atoms with Crippen LogP contribution < -0.4 is 5.32 Å². The second-order valence-corrected chi connectivity index (χ2v) is 3.14. The topological polar surface area (TPSA) is 64.9 Å². The van der Waals surface area contributed by atoms with Crippen molar-refractivity contribution in [1.29, 1.82) is 0 Å². The molecule has 0 saturated carbocycles. The second kappa shape index (κ2) is 3.80. The van der Waals surface area contributed by atoms with Gasteiger partial charge in [-0.05, 0) is 11.6 Å². The third kappa shape index (κ3) is 2.22. The van der Waals surface area contributed by atoms with Crippen molar-refractivity contribution in [3.8, 4) is 0 Å². The van der Waals surface area contributed by atoms with Gasteiger partial charge in [0.05, 0.1) is 20.2 Å². The summed E-state index contributed by atoms with van der Waals surface area (Å²) >= 11 is 0. The first-order valence-electron chi connectivity index (χ1n) is 4.38. The largest absolute Gasteiger partial charge is 0.380 e. The van der Waals surface area contributed by atoms with Gasteiger partial charge in [0.15, 0.2) is 5.82 Å². The van der Waals surface area contributed by atoms with Gasteiger partial charge in [0, 0.05) is 12.6 Å². The Morgan fingerprint density at radius 3 is 3.23 bits per heavy atom. The van der Waals surface area contributed by atoms with E-state index in [1.807, 2.05) is 0 Å². The molecule has 2 rings (SSSR count). The zero-order valence-electron chi connectivity index (χ0n) is 7.60. The fourth-order valence-electron chi connectivity index (χ4n) is 1.33. The number of ether oxygens (including phenoxy) is 1. The third-order valence-electron chi connectivity index (χ3n) is 2.03.